The number of amides is 1. The van der Waals surface area contributed by atoms with E-state index in [4.69, 9.17) is 5.73 Å². The van der Waals surface area contributed by atoms with Crippen LogP contribution in [-0.2, 0) is 4.79 Å². The van der Waals surface area contributed by atoms with Crippen LogP contribution in [0.1, 0.15) is 51.9 Å². The van der Waals surface area contributed by atoms with E-state index in [1.807, 2.05) is 0 Å². The van der Waals surface area contributed by atoms with Gasteiger partial charge < -0.3 is 11.1 Å². The molecule has 0 spiro atoms. The fourth-order valence-electron chi connectivity index (χ4n) is 2.12. The second-order valence-corrected chi connectivity index (χ2v) is 5.23. The van der Waals surface area contributed by atoms with Crippen molar-refractivity contribution in [3.8, 4) is 0 Å². The third kappa shape index (κ3) is 1.92. The molecule has 0 unspecified atom stereocenters. The molecule has 2 aliphatic rings. The molecule has 0 saturated heterocycles. The van der Waals surface area contributed by atoms with E-state index in [-0.39, 0.29) is 11.4 Å². The van der Waals surface area contributed by atoms with Crippen LogP contribution in [0.4, 0.5) is 0 Å². The molecule has 0 heterocycles. The second-order valence-electron chi connectivity index (χ2n) is 5.23. The lowest BCUT2D eigenvalue weighted by Gasteiger charge is -2.33. The normalized spacial score (nSPS) is 28.1. The van der Waals surface area contributed by atoms with Gasteiger partial charge in [-0.25, -0.2) is 0 Å². The lowest BCUT2D eigenvalue weighted by molar-refractivity contribution is -0.128. The van der Waals surface area contributed by atoms with Crippen LogP contribution in [0.15, 0.2) is 0 Å². The molecular formula is C11H20N2O. The Bertz CT molecular complexity index is 240. The van der Waals surface area contributed by atoms with Crippen molar-refractivity contribution in [3.05, 3.63) is 0 Å². The van der Waals surface area contributed by atoms with Gasteiger partial charge in [0.15, 0.2) is 0 Å². The highest BCUT2D eigenvalue weighted by Crippen LogP contribution is 2.36. The fourth-order valence-corrected chi connectivity index (χ4v) is 2.12. The first kappa shape index (κ1) is 9.97. The van der Waals surface area contributed by atoms with Crippen molar-refractivity contribution in [1.82, 2.24) is 5.32 Å². The lowest BCUT2D eigenvalue weighted by atomic mass is 9.81. The Balaban J connectivity index is 1.94. The van der Waals surface area contributed by atoms with Crippen LogP contribution >= 0.6 is 0 Å². The van der Waals surface area contributed by atoms with Crippen LogP contribution in [-0.4, -0.2) is 17.0 Å². The Kier molecular flexibility index (Phi) is 2.30. The van der Waals surface area contributed by atoms with Crippen molar-refractivity contribution in [2.24, 2.45) is 5.73 Å². The number of carbonyl (C=O) groups is 1. The minimum atomic E-state index is -0.566. The molecule has 0 aromatic heterocycles. The number of hydrogen-bond donors (Lipinski definition) is 2. The van der Waals surface area contributed by atoms with E-state index in [9.17, 15) is 4.79 Å². The van der Waals surface area contributed by atoms with Gasteiger partial charge in [-0.05, 0) is 32.6 Å². The Labute approximate surface area is 85.4 Å². The quantitative estimate of drug-likeness (QED) is 0.699. The molecular weight excluding hydrogens is 176 g/mol. The van der Waals surface area contributed by atoms with Gasteiger partial charge in [-0.3, -0.25) is 4.79 Å². The van der Waals surface area contributed by atoms with Crippen LogP contribution in [0.2, 0.25) is 0 Å². The van der Waals surface area contributed by atoms with Gasteiger partial charge in [-0.15, -0.1) is 0 Å². The maximum atomic E-state index is 11.9. The molecule has 80 valence electrons. The van der Waals surface area contributed by atoms with Crippen molar-refractivity contribution in [1.29, 1.82) is 0 Å². The number of carbonyl (C=O) groups excluding carboxylic acids is 1. The van der Waals surface area contributed by atoms with E-state index < -0.39 is 5.54 Å². The lowest BCUT2D eigenvalue weighted by Crippen LogP contribution is -2.57. The average molecular weight is 196 g/mol. The summed E-state index contributed by atoms with van der Waals surface area (Å²) in [6.45, 7) is 2.09. The molecule has 2 rings (SSSR count). The summed E-state index contributed by atoms with van der Waals surface area (Å²) in [5.74, 6) is 0.0807. The third-order valence-electron chi connectivity index (χ3n) is 3.61. The van der Waals surface area contributed by atoms with Gasteiger partial charge in [0.25, 0.3) is 0 Å². The van der Waals surface area contributed by atoms with Gasteiger partial charge in [0.1, 0.15) is 0 Å². The van der Waals surface area contributed by atoms with E-state index in [2.05, 4.69) is 12.2 Å². The molecule has 14 heavy (non-hydrogen) atoms. The Morgan fingerprint density at radius 3 is 2.21 bits per heavy atom. The van der Waals surface area contributed by atoms with Crippen molar-refractivity contribution in [3.63, 3.8) is 0 Å². The van der Waals surface area contributed by atoms with Crippen molar-refractivity contribution in [2.45, 2.75) is 62.9 Å². The number of rotatable bonds is 2. The van der Waals surface area contributed by atoms with E-state index in [1.54, 1.807) is 0 Å². The van der Waals surface area contributed by atoms with E-state index in [0.717, 1.165) is 38.5 Å². The van der Waals surface area contributed by atoms with Gasteiger partial charge >= 0.3 is 0 Å². The molecule has 2 fully saturated rings. The summed E-state index contributed by atoms with van der Waals surface area (Å²) in [5.41, 5.74) is 5.63. The summed E-state index contributed by atoms with van der Waals surface area (Å²) in [6, 6.07) is 0. The molecule has 0 aliphatic heterocycles. The highest BCUT2D eigenvalue weighted by atomic mass is 16.2. The summed E-state index contributed by atoms with van der Waals surface area (Å²) in [4.78, 5) is 11.9. The monoisotopic (exact) mass is 196 g/mol. The molecule has 1 amide bonds. The molecule has 3 nitrogen and oxygen atoms in total. The zero-order valence-electron chi connectivity index (χ0n) is 8.94. The predicted molar refractivity (Wildman–Crippen MR) is 55.8 cm³/mol. The van der Waals surface area contributed by atoms with Gasteiger partial charge in [-0.2, -0.15) is 0 Å². The number of hydrogen-bond acceptors (Lipinski definition) is 2. The average Bonchev–Trinajstić information content (AvgIpc) is 2.84. The van der Waals surface area contributed by atoms with Crippen LogP contribution < -0.4 is 11.1 Å². The Hall–Kier alpha value is -0.570. The maximum absolute atomic E-state index is 11.9. The maximum Gasteiger partial charge on any atom is 0.240 e. The summed E-state index contributed by atoms with van der Waals surface area (Å²) in [7, 11) is 0. The first-order chi connectivity index (χ1) is 6.54. The topological polar surface area (TPSA) is 55.1 Å². The van der Waals surface area contributed by atoms with Crippen LogP contribution in [0.25, 0.3) is 0 Å². The molecule has 2 aliphatic carbocycles. The highest BCUT2D eigenvalue weighted by molar-refractivity contribution is 5.87. The first-order valence-electron chi connectivity index (χ1n) is 5.66. The SMILES string of the molecule is CC1(NC(=O)C2(N)CCCCC2)CC1. The zero-order chi connectivity index (χ0) is 10.2. The largest absolute Gasteiger partial charge is 0.349 e. The Morgan fingerprint density at radius 1 is 1.14 bits per heavy atom. The van der Waals surface area contributed by atoms with Crippen LogP contribution in [0, 0.1) is 0 Å². The van der Waals surface area contributed by atoms with E-state index >= 15 is 0 Å². The molecule has 0 aromatic rings. The van der Waals surface area contributed by atoms with Crippen molar-refractivity contribution < 1.29 is 4.79 Å². The number of nitrogens with one attached hydrogen (secondary N) is 1. The molecule has 0 aromatic carbocycles. The van der Waals surface area contributed by atoms with E-state index in [0.29, 0.717) is 0 Å². The molecule has 2 saturated carbocycles. The molecule has 0 bridgehead atoms. The minimum absolute atomic E-state index is 0.0703. The Morgan fingerprint density at radius 2 is 1.71 bits per heavy atom. The number of nitrogens with two attached hydrogens (primary N) is 1. The zero-order valence-corrected chi connectivity index (χ0v) is 8.94. The van der Waals surface area contributed by atoms with Crippen molar-refractivity contribution >= 4 is 5.91 Å². The fraction of sp³-hybridized carbons (Fsp3) is 0.909. The third-order valence-corrected chi connectivity index (χ3v) is 3.61. The van der Waals surface area contributed by atoms with Crippen LogP contribution in [0.5, 0.6) is 0 Å². The van der Waals surface area contributed by atoms with Gasteiger partial charge in [0, 0.05) is 5.54 Å². The predicted octanol–water partition coefficient (Wildman–Crippen LogP) is 1.32. The highest BCUT2D eigenvalue weighted by Gasteiger charge is 2.44. The summed E-state index contributed by atoms with van der Waals surface area (Å²) < 4.78 is 0. The first-order valence-corrected chi connectivity index (χ1v) is 5.66. The standard InChI is InChI=1S/C11H20N2O/c1-10(7-8-10)13-9(14)11(12)5-3-2-4-6-11/h2-8,12H2,1H3,(H,13,14). The molecule has 3 N–H and O–H groups in total. The molecule has 0 atom stereocenters. The smallest absolute Gasteiger partial charge is 0.240 e. The van der Waals surface area contributed by atoms with Crippen LogP contribution in [0.3, 0.4) is 0 Å². The minimum Gasteiger partial charge on any atom is -0.349 e. The summed E-state index contributed by atoms with van der Waals surface area (Å²) >= 11 is 0. The molecule has 0 radical (unpaired) electrons. The van der Waals surface area contributed by atoms with Gasteiger partial charge in [0.05, 0.1) is 5.54 Å². The van der Waals surface area contributed by atoms with E-state index in [1.165, 1.54) is 6.42 Å². The summed E-state index contributed by atoms with van der Waals surface area (Å²) in [6.07, 6.45) is 7.35. The van der Waals surface area contributed by atoms with Gasteiger partial charge in [-0.1, -0.05) is 19.3 Å². The second kappa shape index (κ2) is 3.23. The molecule has 3 heteroatoms. The summed E-state index contributed by atoms with van der Waals surface area (Å²) in [5, 5.41) is 3.08. The van der Waals surface area contributed by atoms with Crippen molar-refractivity contribution in [2.75, 3.05) is 0 Å². The van der Waals surface area contributed by atoms with Gasteiger partial charge in [0.2, 0.25) is 5.91 Å².